The Hall–Kier alpha value is -2.54. The van der Waals surface area contributed by atoms with Crippen molar-refractivity contribution in [2.75, 3.05) is 18.1 Å². The zero-order chi connectivity index (χ0) is 17.1. The summed E-state index contributed by atoms with van der Waals surface area (Å²) in [6.07, 6.45) is 0. The maximum atomic E-state index is 12.7. The summed E-state index contributed by atoms with van der Waals surface area (Å²) in [5.74, 6) is -1.55. The number of carbonyl (C=O) groups excluding carboxylic acids is 1. The van der Waals surface area contributed by atoms with Gasteiger partial charge in [0.15, 0.2) is 11.5 Å². The summed E-state index contributed by atoms with van der Waals surface area (Å²) >= 11 is 1.51. The van der Waals surface area contributed by atoms with E-state index in [0.717, 1.165) is 4.88 Å². The molecule has 1 atom stereocenters. The fraction of sp³-hybridized carbons (Fsp3) is 0.294. The van der Waals surface area contributed by atoms with Gasteiger partial charge in [-0.3, -0.25) is 9.59 Å². The maximum absolute atomic E-state index is 12.7. The molecular weight excluding hydrogens is 330 g/mol. The van der Waals surface area contributed by atoms with Crippen molar-refractivity contribution in [3.05, 3.63) is 40.6 Å². The van der Waals surface area contributed by atoms with Crippen LogP contribution in [0.3, 0.4) is 0 Å². The highest BCUT2D eigenvalue weighted by Gasteiger charge is 2.28. The topological polar surface area (TPSA) is 76.1 Å². The lowest BCUT2D eigenvalue weighted by molar-refractivity contribution is -0.145. The van der Waals surface area contributed by atoms with E-state index in [-0.39, 0.29) is 0 Å². The van der Waals surface area contributed by atoms with Crippen LogP contribution in [0.4, 0.5) is 5.69 Å². The third-order valence-corrected chi connectivity index (χ3v) is 4.60. The molecule has 1 aliphatic heterocycles. The highest BCUT2D eigenvalue weighted by Crippen LogP contribution is 2.35. The molecule has 0 saturated heterocycles. The quantitative estimate of drug-likeness (QED) is 0.842. The van der Waals surface area contributed by atoms with Crippen molar-refractivity contribution in [2.45, 2.75) is 13.5 Å². The molecular formula is C17H17NO5S. The van der Waals surface area contributed by atoms with Gasteiger partial charge in [0, 0.05) is 16.6 Å². The first-order chi connectivity index (χ1) is 11.6. The van der Waals surface area contributed by atoms with Crippen molar-refractivity contribution in [2.24, 2.45) is 5.92 Å². The molecule has 24 heavy (non-hydrogen) atoms. The van der Waals surface area contributed by atoms with E-state index < -0.39 is 17.8 Å². The average Bonchev–Trinajstić information content (AvgIpc) is 3.11. The van der Waals surface area contributed by atoms with E-state index in [4.69, 9.17) is 9.47 Å². The summed E-state index contributed by atoms with van der Waals surface area (Å²) < 4.78 is 11.1. The summed E-state index contributed by atoms with van der Waals surface area (Å²) in [7, 11) is 0. The molecule has 126 valence electrons. The van der Waals surface area contributed by atoms with Crippen LogP contribution in [0.2, 0.25) is 0 Å². The van der Waals surface area contributed by atoms with Gasteiger partial charge in [-0.25, -0.2) is 0 Å². The van der Waals surface area contributed by atoms with Gasteiger partial charge in [0.25, 0.3) is 0 Å². The first-order valence-electron chi connectivity index (χ1n) is 7.52. The van der Waals surface area contributed by atoms with E-state index in [1.165, 1.54) is 23.2 Å². The minimum atomic E-state index is -1.14. The van der Waals surface area contributed by atoms with Crippen molar-refractivity contribution in [3.8, 4) is 11.5 Å². The van der Waals surface area contributed by atoms with Crippen LogP contribution in [-0.4, -0.2) is 30.2 Å². The Kier molecular flexibility index (Phi) is 4.71. The molecule has 0 saturated carbocycles. The third-order valence-electron chi connectivity index (χ3n) is 3.74. The normalized spacial score (nSPS) is 14.0. The number of hydrogen-bond acceptors (Lipinski definition) is 5. The Labute approximate surface area is 143 Å². The van der Waals surface area contributed by atoms with Crippen LogP contribution < -0.4 is 14.4 Å². The number of carboxylic acids is 1. The summed E-state index contributed by atoms with van der Waals surface area (Å²) in [4.78, 5) is 26.3. The second-order valence-corrected chi connectivity index (χ2v) is 6.42. The zero-order valence-electron chi connectivity index (χ0n) is 13.1. The van der Waals surface area contributed by atoms with Gasteiger partial charge in [-0.15, -0.1) is 11.3 Å². The van der Waals surface area contributed by atoms with Crippen LogP contribution in [0, 0.1) is 5.92 Å². The molecule has 1 aromatic carbocycles. The Bertz CT molecular complexity index is 743. The molecule has 2 heterocycles. The predicted octanol–water partition coefficient (Wildman–Crippen LogP) is 2.77. The summed E-state index contributed by atoms with van der Waals surface area (Å²) in [6, 6.07) is 9.01. The van der Waals surface area contributed by atoms with E-state index in [2.05, 4.69) is 0 Å². The zero-order valence-corrected chi connectivity index (χ0v) is 13.9. The molecule has 7 heteroatoms. The molecule has 1 aromatic heterocycles. The number of fused-ring (bicyclic) bond motifs is 1. The molecule has 0 aliphatic carbocycles. The summed E-state index contributed by atoms with van der Waals surface area (Å²) in [6.45, 7) is 2.64. The van der Waals surface area contributed by atoms with Gasteiger partial charge in [0.1, 0.15) is 19.1 Å². The Morgan fingerprint density at radius 2 is 2.00 bits per heavy atom. The number of nitrogens with zero attached hydrogens (tertiary/aromatic N) is 1. The number of carboxylic acid groups (broad SMARTS) is 1. The number of amides is 1. The number of thiophene rings is 1. The maximum Gasteiger partial charge on any atom is 0.315 e. The lowest BCUT2D eigenvalue weighted by Gasteiger charge is -2.26. The SMILES string of the molecule is CC(C(=O)O)C(=O)N(Cc1cccs1)c1ccc2c(c1)OCCO2. The first kappa shape index (κ1) is 16.3. The van der Waals surface area contributed by atoms with Gasteiger partial charge in [0.2, 0.25) is 5.91 Å². The van der Waals surface area contributed by atoms with E-state index in [0.29, 0.717) is 36.9 Å². The van der Waals surface area contributed by atoms with Gasteiger partial charge in [-0.1, -0.05) is 6.07 Å². The fourth-order valence-corrected chi connectivity index (χ4v) is 3.09. The fourth-order valence-electron chi connectivity index (χ4n) is 2.39. The Balaban J connectivity index is 1.94. The Morgan fingerprint density at radius 3 is 2.67 bits per heavy atom. The minimum absolute atomic E-state index is 0.313. The number of rotatable bonds is 5. The number of hydrogen-bond donors (Lipinski definition) is 1. The van der Waals surface area contributed by atoms with Gasteiger partial charge in [-0.05, 0) is 30.5 Å². The monoisotopic (exact) mass is 347 g/mol. The highest BCUT2D eigenvalue weighted by molar-refractivity contribution is 7.09. The second-order valence-electron chi connectivity index (χ2n) is 5.39. The van der Waals surface area contributed by atoms with Gasteiger partial charge < -0.3 is 19.5 Å². The van der Waals surface area contributed by atoms with Gasteiger partial charge in [0.05, 0.1) is 6.54 Å². The van der Waals surface area contributed by atoms with E-state index in [9.17, 15) is 14.7 Å². The second kappa shape index (κ2) is 6.92. The van der Waals surface area contributed by atoms with E-state index >= 15 is 0 Å². The van der Waals surface area contributed by atoms with Gasteiger partial charge >= 0.3 is 5.97 Å². The summed E-state index contributed by atoms with van der Waals surface area (Å²) in [5.41, 5.74) is 0.589. The molecule has 6 nitrogen and oxygen atoms in total. The number of aliphatic carboxylic acids is 1. The molecule has 1 aliphatic rings. The van der Waals surface area contributed by atoms with Crippen LogP contribution in [0.5, 0.6) is 11.5 Å². The van der Waals surface area contributed by atoms with Crippen LogP contribution in [0.1, 0.15) is 11.8 Å². The molecule has 0 radical (unpaired) electrons. The molecule has 0 spiro atoms. The van der Waals surface area contributed by atoms with Crippen LogP contribution in [0.15, 0.2) is 35.7 Å². The minimum Gasteiger partial charge on any atom is -0.486 e. The molecule has 0 fully saturated rings. The number of anilines is 1. The van der Waals surface area contributed by atoms with Gasteiger partial charge in [-0.2, -0.15) is 0 Å². The van der Waals surface area contributed by atoms with E-state index in [1.54, 1.807) is 18.2 Å². The number of carbonyl (C=O) groups is 2. The predicted molar refractivity (Wildman–Crippen MR) is 89.7 cm³/mol. The van der Waals surface area contributed by atoms with Crippen molar-refractivity contribution in [1.29, 1.82) is 0 Å². The largest absolute Gasteiger partial charge is 0.486 e. The molecule has 1 N–H and O–H groups in total. The van der Waals surface area contributed by atoms with E-state index in [1.807, 2.05) is 17.5 Å². The first-order valence-corrected chi connectivity index (χ1v) is 8.40. The van der Waals surface area contributed by atoms with Crippen LogP contribution >= 0.6 is 11.3 Å². The van der Waals surface area contributed by atoms with Crippen LogP contribution in [0.25, 0.3) is 0 Å². The number of benzene rings is 1. The molecule has 1 amide bonds. The lowest BCUT2D eigenvalue weighted by atomic mass is 10.1. The van der Waals surface area contributed by atoms with Crippen molar-refractivity contribution in [3.63, 3.8) is 0 Å². The molecule has 1 unspecified atom stereocenters. The van der Waals surface area contributed by atoms with Crippen molar-refractivity contribution in [1.82, 2.24) is 0 Å². The molecule has 3 rings (SSSR count). The molecule has 2 aromatic rings. The lowest BCUT2D eigenvalue weighted by Crippen LogP contribution is -2.37. The average molecular weight is 347 g/mol. The summed E-state index contributed by atoms with van der Waals surface area (Å²) in [5, 5.41) is 11.1. The van der Waals surface area contributed by atoms with Crippen LogP contribution in [-0.2, 0) is 16.1 Å². The number of ether oxygens (including phenoxy) is 2. The highest BCUT2D eigenvalue weighted by atomic mass is 32.1. The standard InChI is InChI=1S/C17H17NO5S/c1-11(17(20)21)16(19)18(10-13-3-2-8-24-13)12-4-5-14-15(9-12)23-7-6-22-14/h2-5,8-9,11H,6-7,10H2,1H3,(H,20,21). The smallest absolute Gasteiger partial charge is 0.315 e. The third kappa shape index (κ3) is 3.35. The van der Waals surface area contributed by atoms with Crippen molar-refractivity contribution >= 4 is 28.9 Å². The Morgan fingerprint density at radius 1 is 1.25 bits per heavy atom. The van der Waals surface area contributed by atoms with Crippen molar-refractivity contribution < 1.29 is 24.2 Å². The molecule has 0 bridgehead atoms.